The molecule has 0 saturated carbocycles. The normalized spacial score (nSPS) is 11.8. The molecule has 0 radical (unpaired) electrons. The summed E-state index contributed by atoms with van der Waals surface area (Å²) < 4.78 is 24.4. The summed E-state index contributed by atoms with van der Waals surface area (Å²) in [5.41, 5.74) is 2.18. The zero-order chi connectivity index (χ0) is 24.4. The van der Waals surface area contributed by atoms with Crippen molar-refractivity contribution in [1.29, 1.82) is 0 Å². The Hall–Kier alpha value is -3.75. The summed E-state index contributed by atoms with van der Waals surface area (Å²) >= 11 is 7.84. The molecular formula is C26H21ClN2O5S. The lowest BCUT2D eigenvalue weighted by atomic mass is 10.2. The predicted molar refractivity (Wildman–Crippen MR) is 138 cm³/mol. The molecule has 9 heteroatoms. The monoisotopic (exact) mass is 508 g/mol. The lowest BCUT2D eigenvalue weighted by molar-refractivity contribution is 0.211. The maximum Gasteiger partial charge on any atom is 0.274 e. The number of methoxy groups -OCH3 is 2. The number of halogens is 1. The maximum absolute atomic E-state index is 13.0. The van der Waals surface area contributed by atoms with Gasteiger partial charge in [-0.25, -0.2) is 9.38 Å². The van der Waals surface area contributed by atoms with Gasteiger partial charge in [-0.1, -0.05) is 41.1 Å². The Morgan fingerprint density at radius 2 is 1.77 bits per heavy atom. The van der Waals surface area contributed by atoms with Crippen molar-refractivity contribution >= 4 is 45.0 Å². The Kier molecular flexibility index (Phi) is 6.48. The molecule has 2 heterocycles. The van der Waals surface area contributed by atoms with Crippen LogP contribution in [-0.4, -0.2) is 36.8 Å². The van der Waals surface area contributed by atoms with Gasteiger partial charge in [0.1, 0.15) is 24.7 Å². The van der Waals surface area contributed by atoms with Gasteiger partial charge in [-0.15, -0.1) is 0 Å². The van der Waals surface area contributed by atoms with Gasteiger partial charge in [-0.2, -0.15) is 0 Å². The molecule has 0 N–H and O–H groups in total. The largest absolute Gasteiger partial charge is 0.497 e. The van der Waals surface area contributed by atoms with Crippen LogP contribution < -0.4 is 29.0 Å². The standard InChI is InChI=1S/C26H21ClN2O5S/c1-31-17-6-5-7-18(15-17)33-10-11-34-24-19(27)12-16(13-22(24)32-2)14-23-25(30)29-21-9-4-3-8-20(21)28-26(29)35-23/h3-9,12-15H,10-11H2,1-2H3/b23-14-. The van der Waals surface area contributed by atoms with Crippen molar-refractivity contribution in [2.75, 3.05) is 27.4 Å². The summed E-state index contributed by atoms with van der Waals surface area (Å²) in [6.07, 6.45) is 1.78. The van der Waals surface area contributed by atoms with Crippen LogP contribution in [-0.2, 0) is 0 Å². The number of para-hydroxylation sites is 2. The fourth-order valence-corrected chi connectivity index (χ4v) is 4.98. The maximum atomic E-state index is 13.0. The topological polar surface area (TPSA) is 71.3 Å². The molecule has 35 heavy (non-hydrogen) atoms. The minimum absolute atomic E-state index is 0.121. The van der Waals surface area contributed by atoms with Gasteiger partial charge in [0.25, 0.3) is 5.56 Å². The van der Waals surface area contributed by atoms with Crippen LogP contribution in [0.4, 0.5) is 0 Å². The third kappa shape index (κ3) is 4.62. The second-order valence-electron chi connectivity index (χ2n) is 7.54. The highest BCUT2D eigenvalue weighted by atomic mass is 35.5. The first kappa shape index (κ1) is 23.0. The van der Waals surface area contributed by atoms with Gasteiger partial charge < -0.3 is 18.9 Å². The van der Waals surface area contributed by atoms with Crippen LogP contribution >= 0.6 is 22.9 Å². The van der Waals surface area contributed by atoms with E-state index in [2.05, 4.69) is 4.98 Å². The van der Waals surface area contributed by atoms with Gasteiger partial charge in [-0.05, 0) is 48.0 Å². The molecule has 178 valence electrons. The average molecular weight is 509 g/mol. The third-order valence-electron chi connectivity index (χ3n) is 5.33. The Balaban J connectivity index is 1.36. The van der Waals surface area contributed by atoms with E-state index in [1.165, 1.54) is 11.3 Å². The molecule has 7 nitrogen and oxygen atoms in total. The van der Waals surface area contributed by atoms with E-state index in [0.717, 1.165) is 16.6 Å². The minimum atomic E-state index is -0.121. The molecule has 0 atom stereocenters. The van der Waals surface area contributed by atoms with Crippen LogP contribution in [0.2, 0.25) is 5.02 Å². The van der Waals surface area contributed by atoms with Crippen molar-refractivity contribution in [1.82, 2.24) is 9.38 Å². The molecular weight excluding hydrogens is 488 g/mol. The van der Waals surface area contributed by atoms with E-state index in [1.54, 1.807) is 42.9 Å². The second kappa shape index (κ2) is 9.85. The zero-order valence-electron chi connectivity index (χ0n) is 19.0. The quantitative estimate of drug-likeness (QED) is 0.286. The number of benzene rings is 3. The van der Waals surface area contributed by atoms with E-state index in [9.17, 15) is 4.79 Å². The van der Waals surface area contributed by atoms with Crippen molar-refractivity contribution in [2.45, 2.75) is 0 Å². The Bertz CT molecular complexity index is 1630. The highest BCUT2D eigenvalue weighted by molar-refractivity contribution is 7.15. The van der Waals surface area contributed by atoms with Gasteiger partial charge in [0, 0.05) is 6.07 Å². The number of hydrogen-bond donors (Lipinski definition) is 0. The number of fused-ring (bicyclic) bond motifs is 3. The smallest absolute Gasteiger partial charge is 0.274 e. The number of aromatic nitrogens is 2. The zero-order valence-corrected chi connectivity index (χ0v) is 20.6. The number of nitrogens with zero attached hydrogens (tertiary/aromatic N) is 2. The van der Waals surface area contributed by atoms with Crippen molar-refractivity contribution in [3.05, 3.63) is 86.1 Å². The molecule has 0 aliphatic carbocycles. The summed E-state index contributed by atoms with van der Waals surface area (Å²) in [6.45, 7) is 0.569. The molecule has 5 rings (SSSR count). The van der Waals surface area contributed by atoms with E-state index >= 15 is 0 Å². The first-order valence-corrected chi connectivity index (χ1v) is 12.0. The molecule has 0 aliphatic heterocycles. The van der Waals surface area contributed by atoms with Crippen LogP contribution in [0.15, 0.2) is 65.5 Å². The summed E-state index contributed by atoms with van der Waals surface area (Å²) in [4.78, 5) is 18.2. The van der Waals surface area contributed by atoms with E-state index < -0.39 is 0 Å². The summed E-state index contributed by atoms with van der Waals surface area (Å²) in [5, 5.41) is 0.371. The van der Waals surface area contributed by atoms with Crippen LogP contribution in [0.5, 0.6) is 23.0 Å². The SMILES string of the molecule is COc1cccc(OCCOc2c(Cl)cc(/C=c3\sc4nc5ccccc5n4c3=O)cc2OC)c1. The third-order valence-corrected chi connectivity index (χ3v) is 6.58. The second-order valence-corrected chi connectivity index (χ2v) is 8.96. The molecule has 0 spiro atoms. The van der Waals surface area contributed by atoms with Crippen molar-refractivity contribution in [3.63, 3.8) is 0 Å². The Morgan fingerprint density at radius 3 is 2.60 bits per heavy atom. The number of ether oxygens (including phenoxy) is 4. The first-order chi connectivity index (χ1) is 17.1. The molecule has 0 amide bonds. The molecule has 2 aromatic heterocycles. The average Bonchev–Trinajstić information content (AvgIpc) is 3.38. The number of hydrogen-bond acceptors (Lipinski definition) is 7. The molecule has 0 saturated heterocycles. The van der Waals surface area contributed by atoms with E-state index in [1.807, 2.05) is 42.5 Å². The minimum Gasteiger partial charge on any atom is -0.497 e. The number of rotatable bonds is 8. The van der Waals surface area contributed by atoms with Gasteiger partial charge in [0.05, 0.1) is 34.8 Å². The van der Waals surface area contributed by atoms with Gasteiger partial charge in [0.2, 0.25) is 0 Å². The van der Waals surface area contributed by atoms with Crippen molar-refractivity contribution in [3.8, 4) is 23.0 Å². The van der Waals surface area contributed by atoms with Crippen LogP contribution in [0, 0.1) is 0 Å². The summed E-state index contributed by atoms with van der Waals surface area (Å²) in [7, 11) is 3.15. The first-order valence-electron chi connectivity index (χ1n) is 10.8. The lowest BCUT2D eigenvalue weighted by Crippen LogP contribution is -2.22. The van der Waals surface area contributed by atoms with Crippen LogP contribution in [0.3, 0.4) is 0 Å². The molecule has 0 aliphatic rings. The molecule has 3 aromatic carbocycles. The molecule has 5 aromatic rings. The number of thiazole rings is 1. The Labute approximate surface area is 209 Å². The summed E-state index contributed by atoms with van der Waals surface area (Å²) in [5.74, 6) is 2.27. The highest BCUT2D eigenvalue weighted by Gasteiger charge is 2.14. The van der Waals surface area contributed by atoms with Crippen molar-refractivity contribution in [2.24, 2.45) is 0 Å². The van der Waals surface area contributed by atoms with E-state index in [4.69, 9.17) is 30.5 Å². The lowest BCUT2D eigenvalue weighted by Gasteiger charge is -2.14. The van der Waals surface area contributed by atoms with Crippen LogP contribution in [0.25, 0.3) is 22.1 Å². The highest BCUT2D eigenvalue weighted by Crippen LogP contribution is 2.36. The van der Waals surface area contributed by atoms with Crippen LogP contribution in [0.1, 0.15) is 5.56 Å². The molecule has 0 unspecified atom stereocenters. The Morgan fingerprint density at radius 1 is 0.971 bits per heavy atom. The fourth-order valence-electron chi connectivity index (χ4n) is 3.72. The number of imidazole rings is 1. The van der Waals surface area contributed by atoms with E-state index in [-0.39, 0.29) is 12.2 Å². The van der Waals surface area contributed by atoms with Crippen molar-refractivity contribution < 1.29 is 18.9 Å². The summed E-state index contributed by atoms with van der Waals surface area (Å²) in [6, 6.07) is 18.4. The predicted octanol–water partition coefficient (Wildman–Crippen LogP) is 4.59. The van der Waals surface area contributed by atoms with Gasteiger partial charge >= 0.3 is 0 Å². The van der Waals surface area contributed by atoms with Gasteiger partial charge in [-0.3, -0.25) is 4.79 Å². The van der Waals surface area contributed by atoms with E-state index in [0.29, 0.717) is 44.1 Å². The van der Waals surface area contributed by atoms with Gasteiger partial charge in [0.15, 0.2) is 16.5 Å². The molecule has 0 fully saturated rings. The molecule has 0 bridgehead atoms. The fraction of sp³-hybridized carbons (Fsp3) is 0.154.